The summed E-state index contributed by atoms with van der Waals surface area (Å²) in [5.74, 6) is 0.756. The molecular weight excluding hydrogens is 328 g/mol. The molecule has 0 unspecified atom stereocenters. The molecule has 0 spiro atoms. The second-order valence-electron chi connectivity index (χ2n) is 7.66. The molecule has 0 aliphatic carbocycles. The van der Waals surface area contributed by atoms with Crippen LogP contribution < -0.4 is 0 Å². The summed E-state index contributed by atoms with van der Waals surface area (Å²) < 4.78 is 11.4. The van der Waals surface area contributed by atoms with Crippen molar-refractivity contribution >= 4 is 23.1 Å². The number of hydrogen-bond acceptors (Lipinski definition) is 4. The van der Waals surface area contributed by atoms with Crippen molar-refractivity contribution in [2.45, 2.75) is 52.2 Å². The van der Waals surface area contributed by atoms with Gasteiger partial charge in [-0.15, -0.1) is 0 Å². The summed E-state index contributed by atoms with van der Waals surface area (Å²) in [6.07, 6.45) is 5.53. The van der Waals surface area contributed by atoms with Crippen LogP contribution in [0.4, 0.5) is 4.79 Å². The normalized spacial score (nSPS) is 17.8. The second-order valence-corrected chi connectivity index (χ2v) is 7.66. The molecular formula is C21H24N2O3. The zero-order valence-corrected chi connectivity index (χ0v) is 15.7. The lowest BCUT2D eigenvalue weighted by atomic mass is 10.1. The van der Waals surface area contributed by atoms with Gasteiger partial charge in [-0.2, -0.15) is 5.26 Å². The van der Waals surface area contributed by atoms with Gasteiger partial charge < -0.3 is 14.1 Å². The molecule has 1 aromatic carbocycles. The van der Waals surface area contributed by atoms with E-state index in [0.717, 1.165) is 29.6 Å². The Hall–Kier alpha value is -2.74. The van der Waals surface area contributed by atoms with Crippen molar-refractivity contribution in [2.75, 3.05) is 6.54 Å². The van der Waals surface area contributed by atoms with Gasteiger partial charge >= 0.3 is 6.09 Å². The number of furan rings is 1. The molecule has 2 aromatic rings. The maximum Gasteiger partial charge on any atom is 0.410 e. The van der Waals surface area contributed by atoms with Crippen LogP contribution in [-0.4, -0.2) is 29.2 Å². The van der Waals surface area contributed by atoms with Gasteiger partial charge in [0.05, 0.1) is 17.7 Å². The zero-order chi connectivity index (χ0) is 18.9. The van der Waals surface area contributed by atoms with E-state index in [4.69, 9.17) is 14.4 Å². The number of nitriles is 1. The van der Waals surface area contributed by atoms with Crippen LogP contribution in [-0.2, 0) is 4.74 Å². The lowest BCUT2D eigenvalue weighted by Crippen LogP contribution is -2.39. The van der Waals surface area contributed by atoms with Gasteiger partial charge in [0.1, 0.15) is 16.9 Å². The van der Waals surface area contributed by atoms with E-state index in [0.29, 0.717) is 17.7 Å². The minimum Gasteiger partial charge on any atom is -0.456 e. The van der Waals surface area contributed by atoms with Crippen molar-refractivity contribution in [3.05, 3.63) is 41.2 Å². The van der Waals surface area contributed by atoms with Crippen molar-refractivity contribution < 1.29 is 13.9 Å². The van der Waals surface area contributed by atoms with Gasteiger partial charge in [-0.3, -0.25) is 0 Å². The smallest absolute Gasteiger partial charge is 0.410 e. The summed E-state index contributed by atoms with van der Waals surface area (Å²) in [4.78, 5) is 14.1. The number of likely N-dealkylation sites (tertiary alicyclic amines) is 1. The highest BCUT2D eigenvalue weighted by Gasteiger charge is 2.30. The average Bonchev–Trinajstić information content (AvgIpc) is 3.16. The van der Waals surface area contributed by atoms with Crippen LogP contribution in [0.2, 0.25) is 0 Å². The van der Waals surface area contributed by atoms with E-state index in [1.165, 1.54) is 0 Å². The van der Waals surface area contributed by atoms with Gasteiger partial charge in [0.2, 0.25) is 0 Å². The van der Waals surface area contributed by atoms with Crippen molar-refractivity contribution in [2.24, 2.45) is 0 Å². The molecule has 0 saturated carbocycles. The third-order valence-corrected chi connectivity index (χ3v) is 4.50. The van der Waals surface area contributed by atoms with Crippen LogP contribution in [0.5, 0.6) is 0 Å². The third kappa shape index (κ3) is 3.75. The first-order valence-electron chi connectivity index (χ1n) is 8.89. The summed E-state index contributed by atoms with van der Waals surface area (Å²) in [6, 6.07) is 7.58. The van der Waals surface area contributed by atoms with E-state index in [9.17, 15) is 4.79 Å². The molecule has 0 bridgehead atoms. The zero-order valence-electron chi connectivity index (χ0n) is 15.7. The van der Waals surface area contributed by atoms with Crippen LogP contribution in [0.15, 0.2) is 28.7 Å². The van der Waals surface area contributed by atoms with Crippen LogP contribution in [0.1, 0.15) is 50.5 Å². The van der Waals surface area contributed by atoms with E-state index >= 15 is 0 Å². The van der Waals surface area contributed by atoms with Crippen molar-refractivity contribution in [1.82, 2.24) is 4.90 Å². The summed E-state index contributed by atoms with van der Waals surface area (Å²) in [6.45, 7) is 8.32. The molecule has 136 valence electrons. The molecule has 1 aromatic heterocycles. The maximum absolute atomic E-state index is 12.4. The summed E-state index contributed by atoms with van der Waals surface area (Å²) in [5.41, 5.74) is 1.81. The fraction of sp³-hybridized carbons (Fsp3) is 0.429. The highest BCUT2D eigenvalue weighted by atomic mass is 16.6. The first-order chi connectivity index (χ1) is 12.3. The maximum atomic E-state index is 12.4. The number of carbonyl (C=O) groups excluding carboxylic acids is 1. The topological polar surface area (TPSA) is 66.5 Å². The molecule has 0 N–H and O–H groups in total. The van der Waals surface area contributed by atoms with Crippen molar-refractivity contribution in [3.63, 3.8) is 0 Å². The minimum atomic E-state index is -0.498. The molecule has 1 aliphatic rings. The van der Waals surface area contributed by atoms with E-state index in [2.05, 4.69) is 6.07 Å². The predicted molar refractivity (Wildman–Crippen MR) is 101 cm³/mol. The Bertz CT molecular complexity index is 896. The summed E-state index contributed by atoms with van der Waals surface area (Å²) in [5, 5.41) is 10.0. The molecule has 3 rings (SSSR count). The number of amides is 1. The highest BCUT2D eigenvalue weighted by molar-refractivity contribution is 5.85. The van der Waals surface area contributed by atoms with Gasteiger partial charge in [-0.05, 0) is 64.8 Å². The van der Waals surface area contributed by atoms with Gasteiger partial charge in [0, 0.05) is 17.5 Å². The Labute approximate surface area is 153 Å². The van der Waals surface area contributed by atoms with Crippen LogP contribution in [0.3, 0.4) is 0 Å². The standard InChI is InChI=1S/C21H24N2O3/c1-14-17-9-7-15(13-22)12-19(17)25-18(14)10-8-16-6-5-11-23(16)20(24)26-21(2,3)4/h7-10,12,16H,5-6,11H2,1-4H3/t16-/m0/s1. The predicted octanol–water partition coefficient (Wildman–Crippen LogP) is 5.03. The third-order valence-electron chi connectivity index (χ3n) is 4.50. The number of hydrogen-bond donors (Lipinski definition) is 0. The number of aryl methyl sites for hydroxylation is 1. The number of carbonyl (C=O) groups is 1. The first kappa shape index (κ1) is 18.1. The molecule has 26 heavy (non-hydrogen) atoms. The van der Waals surface area contributed by atoms with E-state index in [1.54, 1.807) is 17.0 Å². The molecule has 0 radical (unpaired) electrons. The minimum absolute atomic E-state index is 0.00660. The number of rotatable bonds is 2. The summed E-state index contributed by atoms with van der Waals surface area (Å²) >= 11 is 0. The fourth-order valence-electron chi connectivity index (χ4n) is 3.21. The number of nitrogens with zero attached hydrogens (tertiary/aromatic N) is 2. The number of benzene rings is 1. The molecule has 5 heteroatoms. The quantitative estimate of drug-likeness (QED) is 0.760. The Balaban J connectivity index is 1.80. The van der Waals surface area contributed by atoms with Gasteiger partial charge in [0.15, 0.2) is 0 Å². The SMILES string of the molecule is Cc1c(C=C[C@@H]2CCCN2C(=O)OC(C)(C)C)oc2cc(C#N)ccc12. The second kappa shape index (κ2) is 6.87. The molecule has 5 nitrogen and oxygen atoms in total. The fourth-order valence-corrected chi connectivity index (χ4v) is 3.21. The van der Waals surface area contributed by atoms with E-state index in [-0.39, 0.29) is 12.1 Å². The van der Waals surface area contributed by atoms with Gasteiger partial charge in [0.25, 0.3) is 0 Å². The lowest BCUT2D eigenvalue weighted by molar-refractivity contribution is 0.0256. The largest absolute Gasteiger partial charge is 0.456 e. The Morgan fingerprint density at radius 1 is 1.42 bits per heavy atom. The molecule has 2 heterocycles. The Kier molecular flexibility index (Phi) is 4.78. The van der Waals surface area contributed by atoms with Crippen LogP contribution in [0, 0.1) is 18.3 Å². The lowest BCUT2D eigenvalue weighted by Gasteiger charge is -2.27. The van der Waals surface area contributed by atoms with E-state index in [1.807, 2.05) is 45.9 Å². The summed E-state index contributed by atoms with van der Waals surface area (Å²) in [7, 11) is 0. The molecule has 1 fully saturated rings. The first-order valence-corrected chi connectivity index (χ1v) is 8.89. The molecule has 1 aliphatic heterocycles. The molecule has 1 saturated heterocycles. The van der Waals surface area contributed by atoms with Crippen molar-refractivity contribution in [1.29, 1.82) is 5.26 Å². The van der Waals surface area contributed by atoms with E-state index < -0.39 is 5.60 Å². The average molecular weight is 352 g/mol. The Morgan fingerprint density at radius 2 is 2.19 bits per heavy atom. The molecule has 1 atom stereocenters. The van der Waals surface area contributed by atoms with Gasteiger partial charge in [-0.25, -0.2) is 4.79 Å². The Morgan fingerprint density at radius 3 is 2.88 bits per heavy atom. The molecule has 1 amide bonds. The number of ether oxygens (including phenoxy) is 1. The van der Waals surface area contributed by atoms with Crippen LogP contribution >= 0.6 is 0 Å². The van der Waals surface area contributed by atoms with Gasteiger partial charge in [-0.1, -0.05) is 6.08 Å². The van der Waals surface area contributed by atoms with Crippen LogP contribution in [0.25, 0.3) is 17.0 Å². The van der Waals surface area contributed by atoms with Crippen molar-refractivity contribution in [3.8, 4) is 6.07 Å². The highest BCUT2D eigenvalue weighted by Crippen LogP contribution is 2.28. The number of fused-ring (bicyclic) bond motifs is 1. The monoisotopic (exact) mass is 352 g/mol.